The van der Waals surface area contributed by atoms with Gasteiger partial charge in [0, 0.05) is 6.32 Å². The van der Waals surface area contributed by atoms with Crippen LogP contribution in [-0.4, -0.2) is 27.1 Å². The molecular formula is C20H27BO2Si. The van der Waals surface area contributed by atoms with Crippen LogP contribution in [0.4, 0.5) is 0 Å². The molecule has 0 N–H and O–H groups in total. The van der Waals surface area contributed by atoms with E-state index in [0.29, 0.717) is 0 Å². The first-order valence-electron chi connectivity index (χ1n) is 8.78. The molecule has 0 bridgehead atoms. The topological polar surface area (TPSA) is 18.5 Å². The molecule has 1 heterocycles. The average molecular weight is 338 g/mol. The first kappa shape index (κ1) is 17.5. The molecule has 0 aliphatic carbocycles. The Hall–Kier alpha value is -1.36. The Morgan fingerprint density at radius 3 is 2.00 bits per heavy atom. The molecule has 0 amide bonds. The summed E-state index contributed by atoms with van der Waals surface area (Å²) in [6.07, 6.45) is 0.813. The van der Waals surface area contributed by atoms with Crippen LogP contribution in [-0.2, 0) is 15.6 Å². The van der Waals surface area contributed by atoms with E-state index in [1.54, 1.807) is 0 Å². The zero-order valence-electron chi connectivity index (χ0n) is 15.4. The van der Waals surface area contributed by atoms with Gasteiger partial charge in [-0.25, -0.2) is 0 Å². The van der Waals surface area contributed by atoms with Gasteiger partial charge in [-0.2, -0.15) is 0 Å². The molecule has 2 aromatic carbocycles. The quantitative estimate of drug-likeness (QED) is 0.798. The zero-order valence-corrected chi connectivity index (χ0v) is 16.5. The Kier molecular flexibility index (Phi) is 4.74. The van der Waals surface area contributed by atoms with Crippen LogP contribution in [0.2, 0.25) is 6.55 Å². The molecule has 0 radical (unpaired) electrons. The van der Waals surface area contributed by atoms with Crippen molar-refractivity contribution in [2.45, 2.75) is 51.8 Å². The van der Waals surface area contributed by atoms with Gasteiger partial charge in [-0.05, 0) is 27.7 Å². The van der Waals surface area contributed by atoms with Crippen molar-refractivity contribution < 1.29 is 9.31 Å². The van der Waals surface area contributed by atoms with Crippen LogP contribution >= 0.6 is 0 Å². The molecule has 1 saturated heterocycles. The zero-order chi connectivity index (χ0) is 17.4. The Bertz CT molecular complexity index is 684. The lowest BCUT2D eigenvalue weighted by Gasteiger charge is -2.32. The van der Waals surface area contributed by atoms with Crippen molar-refractivity contribution in [2.24, 2.45) is 0 Å². The number of rotatable bonds is 4. The van der Waals surface area contributed by atoms with Crippen LogP contribution in [0.15, 0.2) is 54.6 Å². The van der Waals surface area contributed by atoms with Crippen LogP contribution in [0.5, 0.6) is 0 Å². The molecule has 2 aromatic rings. The van der Waals surface area contributed by atoms with E-state index >= 15 is 0 Å². The van der Waals surface area contributed by atoms with Gasteiger partial charge in [0.1, 0.15) is 0 Å². The third kappa shape index (κ3) is 3.37. The fourth-order valence-electron chi connectivity index (χ4n) is 3.29. The molecule has 1 aliphatic heterocycles. The summed E-state index contributed by atoms with van der Waals surface area (Å²) in [5.41, 5.74) is 0.823. The largest absolute Gasteiger partial charge is 0.462 e. The lowest BCUT2D eigenvalue weighted by molar-refractivity contribution is 0.00578. The molecule has 3 rings (SSSR count). The van der Waals surface area contributed by atoms with Gasteiger partial charge in [0.15, 0.2) is 0 Å². The Morgan fingerprint density at radius 2 is 1.38 bits per heavy atom. The molecule has 24 heavy (non-hydrogen) atoms. The molecule has 1 fully saturated rings. The Morgan fingerprint density at radius 1 is 0.833 bits per heavy atom. The summed E-state index contributed by atoms with van der Waals surface area (Å²) in [5.74, 6) is 0. The van der Waals surface area contributed by atoms with Crippen molar-refractivity contribution in [3.63, 3.8) is 0 Å². The average Bonchev–Trinajstić information content (AvgIpc) is 2.75. The lowest BCUT2D eigenvalue weighted by atomic mass is 9.81. The van der Waals surface area contributed by atoms with Gasteiger partial charge in [0.05, 0.1) is 20.0 Å². The summed E-state index contributed by atoms with van der Waals surface area (Å²) in [7, 11) is -1.37. The highest BCUT2D eigenvalue weighted by Gasteiger charge is 2.50. The third-order valence-corrected chi connectivity index (χ3v) is 8.39. The number of hydrogen-bond donors (Lipinski definition) is 0. The molecule has 126 valence electrons. The lowest BCUT2D eigenvalue weighted by Crippen LogP contribution is -2.42. The first-order valence-corrected chi connectivity index (χ1v) is 11.1. The summed E-state index contributed by atoms with van der Waals surface area (Å²) in [4.78, 5) is 0. The van der Waals surface area contributed by atoms with E-state index in [0.717, 1.165) is 6.32 Å². The summed E-state index contributed by atoms with van der Waals surface area (Å²) in [5, 5.41) is 2.96. The maximum absolute atomic E-state index is 6.20. The van der Waals surface area contributed by atoms with E-state index in [-0.39, 0.29) is 18.3 Å². The molecular weight excluding hydrogens is 311 g/mol. The molecule has 1 aliphatic rings. The van der Waals surface area contributed by atoms with Crippen LogP contribution in [0.25, 0.3) is 0 Å². The van der Waals surface area contributed by atoms with Crippen LogP contribution < -0.4 is 10.4 Å². The minimum Gasteiger partial charge on any atom is -0.403 e. The summed E-state index contributed by atoms with van der Waals surface area (Å²) in [6, 6.07) is 19.6. The number of hydrogen-bond acceptors (Lipinski definition) is 2. The standard InChI is InChI=1S/C20H27BO2Si/c1-19(2)20(3,4)23-21(22-19)15-16-11-9-10-14-18(16)24(5)17-12-7-6-8-13-17/h6-14,24H,15H2,1-5H3. The van der Waals surface area contributed by atoms with E-state index in [4.69, 9.17) is 9.31 Å². The molecule has 4 heteroatoms. The second kappa shape index (κ2) is 6.51. The smallest absolute Gasteiger partial charge is 0.403 e. The SMILES string of the molecule is C[SiH](c1ccccc1)c1ccccc1CB1OC(C)(C)C(C)(C)O1. The first-order chi connectivity index (χ1) is 11.3. The second-order valence-corrected chi connectivity index (χ2v) is 10.5. The molecule has 0 aromatic heterocycles. The fourth-order valence-corrected chi connectivity index (χ4v) is 5.62. The van der Waals surface area contributed by atoms with Crippen molar-refractivity contribution in [2.75, 3.05) is 0 Å². The minimum absolute atomic E-state index is 0.173. The van der Waals surface area contributed by atoms with E-state index in [1.807, 2.05) is 0 Å². The van der Waals surface area contributed by atoms with Gasteiger partial charge in [0.25, 0.3) is 0 Å². The van der Waals surface area contributed by atoms with Gasteiger partial charge >= 0.3 is 7.12 Å². The molecule has 1 unspecified atom stereocenters. The van der Waals surface area contributed by atoms with E-state index < -0.39 is 8.80 Å². The van der Waals surface area contributed by atoms with Gasteiger partial charge in [-0.15, -0.1) is 0 Å². The normalized spacial score (nSPS) is 20.1. The van der Waals surface area contributed by atoms with Crippen molar-refractivity contribution in [3.05, 3.63) is 60.2 Å². The molecule has 1 atom stereocenters. The van der Waals surface area contributed by atoms with Gasteiger partial charge in [0.2, 0.25) is 0 Å². The third-order valence-electron chi connectivity index (χ3n) is 5.51. The van der Waals surface area contributed by atoms with Crippen molar-refractivity contribution in [1.82, 2.24) is 0 Å². The van der Waals surface area contributed by atoms with Crippen LogP contribution in [0, 0.1) is 0 Å². The van der Waals surface area contributed by atoms with Gasteiger partial charge in [-0.3, -0.25) is 0 Å². The maximum atomic E-state index is 6.20. The maximum Gasteiger partial charge on any atom is 0.462 e. The van der Waals surface area contributed by atoms with E-state index in [1.165, 1.54) is 15.9 Å². The highest BCUT2D eigenvalue weighted by molar-refractivity contribution is 6.84. The molecule has 0 spiro atoms. The van der Waals surface area contributed by atoms with Gasteiger partial charge < -0.3 is 9.31 Å². The van der Waals surface area contributed by atoms with E-state index in [2.05, 4.69) is 88.8 Å². The predicted octanol–water partition coefficient (Wildman–Crippen LogP) is 2.83. The summed E-state index contributed by atoms with van der Waals surface area (Å²) in [6.45, 7) is 10.8. The second-order valence-electron chi connectivity index (χ2n) is 7.72. The Labute approximate surface area is 147 Å². The van der Waals surface area contributed by atoms with Crippen LogP contribution in [0.3, 0.4) is 0 Å². The van der Waals surface area contributed by atoms with Crippen molar-refractivity contribution in [1.29, 1.82) is 0 Å². The number of benzene rings is 2. The van der Waals surface area contributed by atoms with E-state index in [9.17, 15) is 0 Å². The van der Waals surface area contributed by atoms with Gasteiger partial charge in [-0.1, -0.05) is 77.1 Å². The van der Waals surface area contributed by atoms with Crippen molar-refractivity contribution in [3.8, 4) is 0 Å². The van der Waals surface area contributed by atoms with Crippen LogP contribution in [0.1, 0.15) is 33.3 Å². The molecule has 0 saturated carbocycles. The molecule has 2 nitrogen and oxygen atoms in total. The summed E-state index contributed by atoms with van der Waals surface area (Å²) >= 11 is 0. The minimum atomic E-state index is -1.20. The monoisotopic (exact) mass is 338 g/mol. The highest BCUT2D eigenvalue weighted by Crippen LogP contribution is 2.37. The Balaban J connectivity index is 1.83. The highest BCUT2D eigenvalue weighted by atomic mass is 28.3. The summed E-state index contributed by atoms with van der Waals surface area (Å²) < 4.78 is 12.4. The fraction of sp³-hybridized carbons (Fsp3) is 0.400. The predicted molar refractivity (Wildman–Crippen MR) is 105 cm³/mol. The van der Waals surface area contributed by atoms with Crippen molar-refractivity contribution >= 4 is 26.3 Å².